The zero-order chi connectivity index (χ0) is 8.10. The molecule has 1 atom stereocenters. The maximum Gasteiger partial charge on any atom is 0.209 e. The lowest BCUT2D eigenvalue weighted by Gasteiger charge is -2.09. The molecular formula is C8H16N2O. The van der Waals surface area contributed by atoms with Crippen molar-refractivity contribution >= 4 is 6.41 Å². The summed E-state index contributed by atoms with van der Waals surface area (Å²) in [6, 6.07) is 0. The maximum absolute atomic E-state index is 10.3. The van der Waals surface area contributed by atoms with Gasteiger partial charge in [-0.3, -0.25) is 4.79 Å². The summed E-state index contributed by atoms with van der Waals surface area (Å²) in [5.41, 5.74) is 0. The summed E-state index contributed by atoms with van der Waals surface area (Å²) in [6.07, 6.45) is 3.33. The molecule has 3 nitrogen and oxygen atoms in total. The maximum atomic E-state index is 10.3. The summed E-state index contributed by atoms with van der Waals surface area (Å²) in [6.45, 7) is 2.99. The Morgan fingerprint density at radius 3 is 3.09 bits per heavy atom. The van der Waals surface area contributed by atoms with Crippen molar-refractivity contribution < 1.29 is 4.79 Å². The molecular weight excluding hydrogens is 140 g/mol. The summed E-state index contributed by atoms with van der Waals surface area (Å²) >= 11 is 0. The lowest BCUT2D eigenvalue weighted by molar-refractivity contribution is -0.117. The molecule has 1 fully saturated rings. The standard InChI is InChI=1S/C8H16N2O/c1-9-4-2-8-3-5-10(6-8)7-11/h7-9H,2-6H2,1H3. The van der Waals surface area contributed by atoms with Crippen molar-refractivity contribution in [3.8, 4) is 0 Å². The molecule has 0 radical (unpaired) electrons. The van der Waals surface area contributed by atoms with Gasteiger partial charge in [0.2, 0.25) is 6.41 Å². The molecule has 3 heteroatoms. The Balaban J connectivity index is 2.14. The number of hydrogen-bond donors (Lipinski definition) is 1. The summed E-state index contributed by atoms with van der Waals surface area (Å²) in [4.78, 5) is 12.2. The van der Waals surface area contributed by atoms with Gasteiger partial charge in [-0.15, -0.1) is 0 Å². The van der Waals surface area contributed by atoms with Crippen LogP contribution in [0.5, 0.6) is 0 Å². The molecule has 0 bridgehead atoms. The van der Waals surface area contributed by atoms with E-state index in [-0.39, 0.29) is 0 Å². The Morgan fingerprint density at radius 1 is 1.73 bits per heavy atom. The monoisotopic (exact) mass is 156 g/mol. The van der Waals surface area contributed by atoms with Crippen LogP contribution in [0.3, 0.4) is 0 Å². The Morgan fingerprint density at radius 2 is 2.55 bits per heavy atom. The van der Waals surface area contributed by atoms with E-state index in [1.165, 1.54) is 12.8 Å². The van der Waals surface area contributed by atoms with Crippen LogP contribution in [0, 0.1) is 5.92 Å². The highest BCUT2D eigenvalue weighted by atomic mass is 16.1. The fraction of sp³-hybridized carbons (Fsp3) is 0.875. The van der Waals surface area contributed by atoms with E-state index in [0.717, 1.165) is 32.0 Å². The SMILES string of the molecule is CNCCC1CCN(C=O)C1. The molecule has 0 aliphatic carbocycles. The molecule has 0 aromatic heterocycles. The number of nitrogens with one attached hydrogen (secondary N) is 1. The van der Waals surface area contributed by atoms with Crippen molar-refractivity contribution in [2.45, 2.75) is 12.8 Å². The summed E-state index contributed by atoms with van der Waals surface area (Å²) in [5, 5.41) is 3.12. The van der Waals surface area contributed by atoms with Crippen LogP contribution in [-0.2, 0) is 4.79 Å². The Hall–Kier alpha value is -0.570. The van der Waals surface area contributed by atoms with Crippen molar-refractivity contribution in [2.24, 2.45) is 5.92 Å². The van der Waals surface area contributed by atoms with Gasteiger partial charge in [0.05, 0.1) is 0 Å². The minimum atomic E-state index is 0.729. The zero-order valence-corrected chi connectivity index (χ0v) is 7.05. The van der Waals surface area contributed by atoms with Crippen LogP contribution in [0.2, 0.25) is 0 Å². The second-order valence-corrected chi connectivity index (χ2v) is 3.15. The molecule has 1 aliphatic heterocycles. The van der Waals surface area contributed by atoms with Crippen molar-refractivity contribution in [2.75, 3.05) is 26.7 Å². The fourth-order valence-electron chi connectivity index (χ4n) is 1.54. The molecule has 1 aliphatic rings. The van der Waals surface area contributed by atoms with Crippen LogP contribution in [0.25, 0.3) is 0 Å². The number of carbonyl (C=O) groups excluding carboxylic acids is 1. The molecule has 11 heavy (non-hydrogen) atoms. The smallest absolute Gasteiger partial charge is 0.209 e. The van der Waals surface area contributed by atoms with Crippen molar-refractivity contribution in [3.63, 3.8) is 0 Å². The lowest BCUT2D eigenvalue weighted by atomic mass is 10.1. The van der Waals surface area contributed by atoms with E-state index in [2.05, 4.69) is 5.32 Å². The first-order chi connectivity index (χ1) is 5.36. The normalized spacial score (nSPS) is 24.1. The minimum absolute atomic E-state index is 0.729. The molecule has 0 aromatic carbocycles. The predicted molar refractivity (Wildman–Crippen MR) is 44.3 cm³/mol. The molecule has 0 spiro atoms. The Kier molecular flexibility index (Phi) is 3.36. The number of likely N-dealkylation sites (tertiary alicyclic amines) is 1. The van der Waals surface area contributed by atoms with E-state index in [4.69, 9.17) is 0 Å². The average Bonchev–Trinajstić information content (AvgIpc) is 2.48. The molecule has 1 unspecified atom stereocenters. The zero-order valence-electron chi connectivity index (χ0n) is 7.05. The molecule has 1 N–H and O–H groups in total. The highest BCUT2D eigenvalue weighted by Crippen LogP contribution is 2.16. The molecule has 0 aromatic rings. The van der Waals surface area contributed by atoms with Crippen LogP contribution < -0.4 is 5.32 Å². The quantitative estimate of drug-likeness (QED) is 0.584. The largest absolute Gasteiger partial charge is 0.345 e. The van der Waals surface area contributed by atoms with E-state index in [1.807, 2.05) is 11.9 Å². The van der Waals surface area contributed by atoms with Gasteiger partial charge in [0.1, 0.15) is 0 Å². The first-order valence-corrected chi connectivity index (χ1v) is 4.20. The van der Waals surface area contributed by atoms with Crippen LogP contribution in [-0.4, -0.2) is 38.0 Å². The first-order valence-electron chi connectivity index (χ1n) is 4.20. The van der Waals surface area contributed by atoms with Crippen LogP contribution in [0.4, 0.5) is 0 Å². The third-order valence-corrected chi connectivity index (χ3v) is 2.27. The molecule has 1 saturated heterocycles. The second-order valence-electron chi connectivity index (χ2n) is 3.15. The van der Waals surface area contributed by atoms with Gasteiger partial charge in [0, 0.05) is 13.1 Å². The molecule has 1 heterocycles. The first kappa shape index (κ1) is 8.53. The molecule has 1 rings (SSSR count). The van der Waals surface area contributed by atoms with Crippen molar-refractivity contribution in [1.29, 1.82) is 0 Å². The number of amides is 1. The van der Waals surface area contributed by atoms with Gasteiger partial charge in [-0.25, -0.2) is 0 Å². The Labute approximate surface area is 67.8 Å². The van der Waals surface area contributed by atoms with Gasteiger partial charge in [-0.05, 0) is 32.4 Å². The number of carbonyl (C=O) groups is 1. The van der Waals surface area contributed by atoms with E-state index in [0.29, 0.717) is 0 Å². The van der Waals surface area contributed by atoms with Crippen molar-refractivity contribution in [1.82, 2.24) is 10.2 Å². The van der Waals surface area contributed by atoms with Crippen LogP contribution in [0.15, 0.2) is 0 Å². The summed E-state index contributed by atoms with van der Waals surface area (Å²) in [7, 11) is 1.96. The van der Waals surface area contributed by atoms with Crippen LogP contribution in [0.1, 0.15) is 12.8 Å². The average molecular weight is 156 g/mol. The number of rotatable bonds is 4. The number of nitrogens with zero attached hydrogens (tertiary/aromatic N) is 1. The van der Waals surface area contributed by atoms with E-state index in [9.17, 15) is 4.79 Å². The van der Waals surface area contributed by atoms with E-state index < -0.39 is 0 Å². The minimum Gasteiger partial charge on any atom is -0.345 e. The number of hydrogen-bond acceptors (Lipinski definition) is 2. The van der Waals surface area contributed by atoms with Gasteiger partial charge in [0.15, 0.2) is 0 Å². The predicted octanol–water partition coefficient (Wildman–Crippen LogP) is 0.0742. The summed E-state index contributed by atoms with van der Waals surface area (Å²) in [5.74, 6) is 0.729. The van der Waals surface area contributed by atoms with Crippen molar-refractivity contribution in [3.05, 3.63) is 0 Å². The van der Waals surface area contributed by atoms with E-state index in [1.54, 1.807) is 0 Å². The molecule has 64 valence electrons. The van der Waals surface area contributed by atoms with Gasteiger partial charge in [-0.2, -0.15) is 0 Å². The van der Waals surface area contributed by atoms with Crippen LogP contribution >= 0.6 is 0 Å². The molecule has 1 amide bonds. The second kappa shape index (κ2) is 4.34. The van der Waals surface area contributed by atoms with Gasteiger partial charge in [0.25, 0.3) is 0 Å². The lowest BCUT2D eigenvalue weighted by Crippen LogP contribution is -2.19. The highest BCUT2D eigenvalue weighted by molar-refractivity contribution is 5.47. The summed E-state index contributed by atoms with van der Waals surface area (Å²) < 4.78 is 0. The highest BCUT2D eigenvalue weighted by Gasteiger charge is 2.19. The Bertz CT molecular complexity index is 127. The van der Waals surface area contributed by atoms with Gasteiger partial charge < -0.3 is 10.2 Å². The molecule has 0 saturated carbocycles. The van der Waals surface area contributed by atoms with Gasteiger partial charge in [-0.1, -0.05) is 0 Å². The van der Waals surface area contributed by atoms with E-state index >= 15 is 0 Å². The van der Waals surface area contributed by atoms with Gasteiger partial charge >= 0.3 is 0 Å². The third-order valence-electron chi connectivity index (χ3n) is 2.27. The fourth-order valence-corrected chi connectivity index (χ4v) is 1.54. The third kappa shape index (κ3) is 2.50. The topological polar surface area (TPSA) is 32.3 Å².